The topological polar surface area (TPSA) is 26.3 Å². The molecule has 0 aliphatic rings. The van der Waals surface area contributed by atoms with Crippen LogP contribution in [-0.4, -0.2) is 12.1 Å². The van der Waals surface area contributed by atoms with Crippen LogP contribution in [0, 0.1) is 0 Å². The standard InChI is InChI=1S/C14H8BrF3O2S/c15-10-7-12(21-8-10)5-6-13(19)9-1-3-11(4-2-9)20-14(16,17)18/h1-8H. The second-order valence-corrected chi connectivity index (χ2v) is 5.80. The Bertz CT molecular complexity index is 660. The van der Waals surface area contributed by atoms with Crippen LogP contribution in [0.15, 0.2) is 46.3 Å². The molecule has 0 saturated carbocycles. The van der Waals surface area contributed by atoms with E-state index < -0.39 is 6.36 Å². The van der Waals surface area contributed by atoms with Crippen LogP contribution in [0.5, 0.6) is 5.75 Å². The van der Waals surface area contributed by atoms with Gasteiger partial charge in [-0.25, -0.2) is 0 Å². The molecule has 0 N–H and O–H groups in total. The highest BCUT2D eigenvalue weighted by Gasteiger charge is 2.30. The van der Waals surface area contributed by atoms with Crippen molar-refractivity contribution in [3.63, 3.8) is 0 Å². The molecule has 0 fully saturated rings. The fourth-order valence-electron chi connectivity index (χ4n) is 1.49. The van der Waals surface area contributed by atoms with Crippen molar-refractivity contribution in [3.05, 3.63) is 56.7 Å². The maximum atomic E-state index is 12.0. The van der Waals surface area contributed by atoms with Gasteiger partial charge in [-0.1, -0.05) is 0 Å². The summed E-state index contributed by atoms with van der Waals surface area (Å²) in [5.74, 6) is -0.650. The summed E-state index contributed by atoms with van der Waals surface area (Å²) in [4.78, 5) is 12.8. The van der Waals surface area contributed by atoms with Crippen molar-refractivity contribution in [1.29, 1.82) is 0 Å². The zero-order valence-electron chi connectivity index (χ0n) is 10.4. The number of hydrogen-bond donors (Lipinski definition) is 0. The second-order valence-electron chi connectivity index (χ2n) is 3.94. The van der Waals surface area contributed by atoms with Gasteiger partial charge < -0.3 is 4.74 Å². The first kappa shape index (κ1) is 15.8. The van der Waals surface area contributed by atoms with Gasteiger partial charge in [-0.15, -0.1) is 24.5 Å². The quantitative estimate of drug-likeness (QED) is 0.534. The van der Waals surface area contributed by atoms with E-state index in [0.717, 1.165) is 21.5 Å². The number of carbonyl (C=O) groups excluding carboxylic acids is 1. The summed E-state index contributed by atoms with van der Waals surface area (Å²) in [5.41, 5.74) is 0.288. The van der Waals surface area contributed by atoms with Gasteiger partial charge in [-0.2, -0.15) is 0 Å². The van der Waals surface area contributed by atoms with E-state index in [1.807, 2.05) is 11.4 Å². The molecule has 21 heavy (non-hydrogen) atoms. The average Bonchev–Trinajstić information content (AvgIpc) is 2.81. The summed E-state index contributed by atoms with van der Waals surface area (Å²) in [6.45, 7) is 0. The summed E-state index contributed by atoms with van der Waals surface area (Å²) in [6, 6.07) is 6.65. The summed E-state index contributed by atoms with van der Waals surface area (Å²) >= 11 is 4.77. The van der Waals surface area contributed by atoms with Crippen LogP contribution in [0.3, 0.4) is 0 Å². The molecule has 0 atom stereocenters. The molecule has 0 unspecified atom stereocenters. The van der Waals surface area contributed by atoms with Crippen LogP contribution in [0.25, 0.3) is 6.08 Å². The minimum absolute atomic E-state index is 0.288. The molecule has 1 aromatic heterocycles. The molecule has 110 valence electrons. The van der Waals surface area contributed by atoms with Gasteiger partial charge in [-0.05, 0) is 58.4 Å². The van der Waals surface area contributed by atoms with Gasteiger partial charge in [0.25, 0.3) is 0 Å². The molecule has 0 saturated heterocycles. The van der Waals surface area contributed by atoms with E-state index in [1.165, 1.54) is 29.5 Å². The van der Waals surface area contributed by atoms with Crippen molar-refractivity contribution in [2.75, 3.05) is 0 Å². The van der Waals surface area contributed by atoms with Crippen molar-refractivity contribution in [2.24, 2.45) is 0 Å². The lowest BCUT2D eigenvalue weighted by atomic mass is 10.1. The van der Waals surface area contributed by atoms with E-state index in [4.69, 9.17) is 0 Å². The molecule has 2 nitrogen and oxygen atoms in total. The lowest BCUT2D eigenvalue weighted by molar-refractivity contribution is -0.274. The van der Waals surface area contributed by atoms with Crippen LogP contribution in [0.4, 0.5) is 13.2 Å². The Morgan fingerprint density at radius 1 is 1.24 bits per heavy atom. The molecule has 0 aliphatic heterocycles. The maximum Gasteiger partial charge on any atom is 0.573 e. The molecule has 0 amide bonds. The Hall–Kier alpha value is -1.60. The van der Waals surface area contributed by atoms with Crippen molar-refractivity contribution in [1.82, 2.24) is 0 Å². The van der Waals surface area contributed by atoms with E-state index in [9.17, 15) is 18.0 Å². The third-order valence-electron chi connectivity index (χ3n) is 2.36. The van der Waals surface area contributed by atoms with Gasteiger partial charge in [0.05, 0.1) is 0 Å². The normalized spacial score (nSPS) is 11.8. The third-order valence-corrected chi connectivity index (χ3v) is 4.02. The number of hydrogen-bond acceptors (Lipinski definition) is 3. The van der Waals surface area contributed by atoms with Gasteiger partial charge >= 0.3 is 6.36 Å². The highest BCUT2D eigenvalue weighted by atomic mass is 79.9. The van der Waals surface area contributed by atoms with Gasteiger partial charge in [0.15, 0.2) is 5.78 Å². The van der Waals surface area contributed by atoms with E-state index in [1.54, 1.807) is 6.08 Å². The molecule has 0 aliphatic carbocycles. The molecule has 0 bridgehead atoms. The highest BCUT2D eigenvalue weighted by molar-refractivity contribution is 9.10. The zero-order valence-corrected chi connectivity index (χ0v) is 12.8. The lowest BCUT2D eigenvalue weighted by Gasteiger charge is -2.08. The van der Waals surface area contributed by atoms with Crippen molar-refractivity contribution >= 4 is 39.1 Å². The number of carbonyl (C=O) groups is 1. The molecule has 0 spiro atoms. The number of benzene rings is 1. The number of allylic oxidation sites excluding steroid dienone is 1. The first-order valence-electron chi connectivity index (χ1n) is 5.66. The number of ketones is 1. The Morgan fingerprint density at radius 2 is 1.90 bits per heavy atom. The van der Waals surface area contributed by atoms with Gasteiger partial charge in [0.2, 0.25) is 0 Å². The zero-order chi connectivity index (χ0) is 15.5. The molecule has 1 aromatic carbocycles. The fraction of sp³-hybridized carbons (Fsp3) is 0.0714. The second kappa shape index (κ2) is 6.44. The largest absolute Gasteiger partial charge is 0.573 e. The predicted molar refractivity (Wildman–Crippen MR) is 78.5 cm³/mol. The van der Waals surface area contributed by atoms with Crippen molar-refractivity contribution in [3.8, 4) is 5.75 Å². The number of rotatable bonds is 4. The van der Waals surface area contributed by atoms with Gasteiger partial charge in [-0.3, -0.25) is 4.79 Å². The molecular weight excluding hydrogens is 369 g/mol. The summed E-state index contributed by atoms with van der Waals surface area (Å²) in [7, 11) is 0. The monoisotopic (exact) mass is 376 g/mol. The number of halogens is 4. The van der Waals surface area contributed by atoms with Crippen LogP contribution in [0.1, 0.15) is 15.2 Å². The molecule has 1 heterocycles. The molecule has 2 rings (SSSR count). The smallest absolute Gasteiger partial charge is 0.406 e. The number of thiophene rings is 1. The minimum atomic E-state index is -4.74. The molecule has 0 radical (unpaired) electrons. The number of alkyl halides is 3. The van der Waals surface area contributed by atoms with E-state index in [-0.39, 0.29) is 17.1 Å². The van der Waals surface area contributed by atoms with Gasteiger partial charge in [0.1, 0.15) is 5.75 Å². The highest BCUT2D eigenvalue weighted by Crippen LogP contribution is 2.23. The Labute approximate surface area is 131 Å². The van der Waals surface area contributed by atoms with Crippen LogP contribution >= 0.6 is 27.3 Å². The first-order valence-corrected chi connectivity index (χ1v) is 7.33. The Morgan fingerprint density at radius 3 is 2.43 bits per heavy atom. The number of ether oxygens (including phenoxy) is 1. The van der Waals surface area contributed by atoms with Gasteiger partial charge in [0, 0.05) is 20.3 Å². The minimum Gasteiger partial charge on any atom is -0.406 e. The van der Waals surface area contributed by atoms with Crippen LogP contribution in [-0.2, 0) is 0 Å². The summed E-state index contributed by atoms with van der Waals surface area (Å²) < 4.78 is 40.7. The molecule has 7 heteroatoms. The maximum absolute atomic E-state index is 12.0. The summed E-state index contributed by atoms with van der Waals surface area (Å²) in [6.07, 6.45) is -1.71. The average molecular weight is 377 g/mol. The fourth-order valence-corrected chi connectivity index (χ4v) is 2.83. The predicted octanol–water partition coefficient (Wildman–Crippen LogP) is 5.31. The van der Waals surface area contributed by atoms with Crippen LogP contribution in [0.2, 0.25) is 0 Å². The first-order chi connectivity index (χ1) is 9.83. The van der Waals surface area contributed by atoms with Crippen molar-refractivity contribution < 1.29 is 22.7 Å². The lowest BCUT2D eigenvalue weighted by Crippen LogP contribution is -2.17. The molecular formula is C14H8BrF3O2S. The van der Waals surface area contributed by atoms with E-state index in [0.29, 0.717) is 0 Å². The third kappa shape index (κ3) is 5.02. The SMILES string of the molecule is O=C(C=Cc1cc(Br)cs1)c1ccc(OC(F)(F)F)cc1. The van der Waals surface area contributed by atoms with Crippen molar-refractivity contribution in [2.45, 2.75) is 6.36 Å². The van der Waals surface area contributed by atoms with E-state index >= 15 is 0 Å². The Balaban J connectivity index is 2.04. The van der Waals surface area contributed by atoms with E-state index in [2.05, 4.69) is 20.7 Å². The molecule has 2 aromatic rings. The summed E-state index contributed by atoms with van der Waals surface area (Å²) in [5, 5.41) is 1.88. The van der Waals surface area contributed by atoms with Crippen LogP contribution < -0.4 is 4.74 Å². The Kier molecular flexibility index (Phi) is 4.84.